The minimum atomic E-state index is -0.327. The highest BCUT2D eigenvalue weighted by Crippen LogP contribution is 2.20. The number of carbonyl (C=O) groups is 1. The van der Waals surface area contributed by atoms with Crippen LogP contribution in [-0.4, -0.2) is 25.6 Å². The summed E-state index contributed by atoms with van der Waals surface area (Å²) in [5.41, 5.74) is 0.575. The van der Waals surface area contributed by atoms with Gasteiger partial charge in [0.2, 0.25) is 5.91 Å². The van der Waals surface area contributed by atoms with Crippen LogP contribution in [0.4, 0.5) is 4.39 Å². The van der Waals surface area contributed by atoms with E-state index in [4.69, 9.17) is 4.74 Å². The molecule has 5 heteroatoms. The fourth-order valence-corrected chi connectivity index (χ4v) is 2.01. The third-order valence-electron chi connectivity index (χ3n) is 3.11. The molecular weight excluding hydrogens is 235 g/mol. The second-order valence-corrected chi connectivity index (χ2v) is 4.35. The van der Waals surface area contributed by atoms with Crippen molar-refractivity contribution in [2.45, 2.75) is 25.4 Å². The molecule has 0 aromatic heterocycles. The van der Waals surface area contributed by atoms with Crippen molar-refractivity contribution >= 4 is 5.91 Å². The molecule has 0 saturated carbocycles. The van der Waals surface area contributed by atoms with Gasteiger partial charge in [0.15, 0.2) is 11.6 Å². The Morgan fingerprint density at radius 3 is 3.06 bits per heavy atom. The van der Waals surface area contributed by atoms with Crippen molar-refractivity contribution in [2.75, 3.05) is 13.7 Å². The Hall–Kier alpha value is -1.62. The van der Waals surface area contributed by atoms with Crippen LogP contribution in [0.2, 0.25) is 0 Å². The van der Waals surface area contributed by atoms with Crippen LogP contribution in [0.3, 0.4) is 0 Å². The molecule has 0 bridgehead atoms. The van der Waals surface area contributed by atoms with Crippen LogP contribution in [0, 0.1) is 5.82 Å². The summed E-state index contributed by atoms with van der Waals surface area (Å²) in [4.78, 5) is 11.0. The van der Waals surface area contributed by atoms with E-state index in [0.29, 0.717) is 25.1 Å². The number of halogens is 1. The topological polar surface area (TPSA) is 50.4 Å². The van der Waals surface area contributed by atoms with E-state index < -0.39 is 0 Å². The average molecular weight is 252 g/mol. The SMILES string of the molecule is COc1cccc(CNC2CCC(=O)NC2)c1F. The normalized spacial score (nSPS) is 19.4. The number of nitrogens with one attached hydrogen (secondary N) is 2. The van der Waals surface area contributed by atoms with Crippen molar-refractivity contribution in [3.8, 4) is 5.75 Å². The molecule has 1 atom stereocenters. The Morgan fingerprint density at radius 2 is 2.39 bits per heavy atom. The lowest BCUT2D eigenvalue weighted by atomic mass is 10.1. The zero-order valence-electron chi connectivity index (χ0n) is 10.3. The summed E-state index contributed by atoms with van der Waals surface area (Å²) in [6.07, 6.45) is 1.32. The van der Waals surface area contributed by atoms with Crippen molar-refractivity contribution in [3.63, 3.8) is 0 Å². The van der Waals surface area contributed by atoms with Crippen LogP contribution in [-0.2, 0) is 11.3 Å². The van der Waals surface area contributed by atoms with Crippen molar-refractivity contribution in [2.24, 2.45) is 0 Å². The van der Waals surface area contributed by atoms with Gasteiger partial charge in [-0.2, -0.15) is 0 Å². The minimum absolute atomic E-state index is 0.0839. The first-order valence-electron chi connectivity index (χ1n) is 6.02. The smallest absolute Gasteiger partial charge is 0.220 e. The third kappa shape index (κ3) is 2.98. The van der Waals surface area contributed by atoms with E-state index in [1.807, 2.05) is 0 Å². The van der Waals surface area contributed by atoms with Crippen molar-refractivity contribution in [1.29, 1.82) is 0 Å². The maximum atomic E-state index is 13.9. The van der Waals surface area contributed by atoms with Gasteiger partial charge in [-0.15, -0.1) is 0 Å². The minimum Gasteiger partial charge on any atom is -0.494 e. The Morgan fingerprint density at radius 1 is 1.56 bits per heavy atom. The number of piperidine rings is 1. The highest BCUT2D eigenvalue weighted by Gasteiger charge is 2.18. The predicted octanol–water partition coefficient (Wildman–Crippen LogP) is 1.20. The number of amides is 1. The molecule has 98 valence electrons. The molecule has 0 aliphatic carbocycles. The molecule has 1 fully saturated rings. The van der Waals surface area contributed by atoms with Crippen molar-refractivity contribution in [3.05, 3.63) is 29.6 Å². The first kappa shape index (κ1) is 12.8. The van der Waals surface area contributed by atoms with E-state index in [1.165, 1.54) is 7.11 Å². The third-order valence-corrected chi connectivity index (χ3v) is 3.11. The summed E-state index contributed by atoms with van der Waals surface area (Å²) in [5, 5.41) is 6.03. The van der Waals surface area contributed by atoms with Gasteiger partial charge in [-0.3, -0.25) is 4.79 Å². The number of hydrogen-bond acceptors (Lipinski definition) is 3. The summed E-state index contributed by atoms with van der Waals surface area (Å²) in [5.74, 6) is 0.0132. The van der Waals surface area contributed by atoms with Gasteiger partial charge < -0.3 is 15.4 Å². The maximum Gasteiger partial charge on any atom is 0.220 e. The molecule has 2 N–H and O–H groups in total. The van der Waals surface area contributed by atoms with E-state index >= 15 is 0 Å². The summed E-state index contributed by atoms with van der Waals surface area (Å²) in [7, 11) is 1.45. The van der Waals surface area contributed by atoms with E-state index in [0.717, 1.165) is 6.42 Å². The maximum absolute atomic E-state index is 13.9. The zero-order valence-corrected chi connectivity index (χ0v) is 10.3. The lowest BCUT2D eigenvalue weighted by Crippen LogP contribution is -2.45. The van der Waals surface area contributed by atoms with Gasteiger partial charge in [0.25, 0.3) is 0 Å². The van der Waals surface area contributed by atoms with E-state index in [1.54, 1.807) is 18.2 Å². The number of methoxy groups -OCH3 is 1. The molecule has 2 rings (SSSR count). The first-order valence-corrected chi connectivity index (χ1v) is 6.02. The number of rotatable bonds is 4. The fourth-order valence-electron chi connectivity index (χ4n) is 2.01. The Labute approximate surface area is 106 Å². The lowest BCUT2D eigenvalue weighted by Gasteiger charge is -2.23. The largest absolute Gasteiger partial charge is 0.494 e. The Kier molecular flexibility index (Phi) is 4.15. The van der Waals surface area contributed by atoms with Gasteiger partial charge in [0, 0.05) is 31.1 Å². The summed E-state index contributed by atoms with van der Waals surface area (Å²) < 4.78 is 18.8. The highest BCUT2D eigenvalue weighted by molar-refractivity contribution is 5.76. The van der Waals surface area contributed by atoms with Crippen LogP contribution in [0.15, 0.2) is 18.2 Å². The van der Waals surface area contributed by atoms with Gasteiger partial charge in [0.05, 0.1) is 7.11 Å². The van der Waals surface area contributed by atoms with Gasteiger partial charge >= 0.3 is 0 Å². The average Bonchev–Trinajstić information content (AvgIpc) is 2.39. The van der Waals surface area contributed by atoms with Crippen LogP contribution in [0.25, 0.3) is 0 Å². The van der Waals surface area contributed by atoms with Crippen molar-refractivity contribution in [1.82, 2.24) is 10.6 Å². The van der Waals surface area contributed by atoms with Crippen molar-refractivity contribution < 1.29 is 13.9 Å². The first-order chi connectivity index (χ1) is 8.70. The zero-order chi connectivity index (χ0) is 13.0. The van der Waals surface area contributed by atoms with E-state index in [-0.39, 0.29) is 23.5 Å². The fraction of sp³-hybridized carbons (Fsp3) is 0.462. The molecule has 1 aliphatic heterocycles. The molecule has 1 aromatic rings. The molecule has 0 spiro atoms. The van der Waals surface area contributed by atoms with Crippen LogP contribution in [0.5, 0.6) is 5.75 Å². The molecule has 1 amide bonds. The predicted molar refractivity (Wildman–Crippen MR) is 65.8 cm³/mol. The van der Waals surface area contributed by atoms with Gasteiger partial charge in [-0.25, -0.2) is 4.39 Å². The summed E-state index contributed by atoms with van der Waals surface area (Å²) >= 11 is 0. The Bertz CT molecular complexity index is 427. The molecular formula is C13H17FN2O2. The van der Waals surface area contributed by atoms with Crippen LogP contribution >= 0.6 is 0 Å². The highest BCUT2D eigenvalue weighted by atomic mass is 19.1. The number of carbonyl (C=O) groups excluding carboxylic acids is 1. The summed E-state index contributed by atoms with van der Waals surface area (Å²) in [6, 6.07) is 5.29. The van der Waals surface area contributed by atoms with Gasteiger partial charge in [-0.1, -0.05) is 12.1 Å². The monoisotopic (exact) mass is 252 g/mol. The van der Waals surface area contributed by atoms with Gasteiger partial charge in [-0.05, 0) is 12.5 Å². The van der Waals surface area contributed by atoms with Crippen LogP contribution in [0.1, 0.15) is 18.4 Å². The summed E-state index contributed by atoms with van der Waals surface area (Å²) in [6.45, 7) is 1.04. The van der Waals surface area contributed by atoms with E-state index in [9.17, 15) is 9.18 Å². The molecule has 1 saturated heterocycles. The second-order valence-electron chi connectivity index (χ2n) is 4.35. The lowest BCUT2D eigenvalue weighted by molar-refractivity contribution is -0.122. The number of ether oxygens (including phenoxy) is 1. The number of hydrogen-bond donors (Lipinski definition) is 2. The quantitative estimate of drug-likeness (QED) is 0.846. The number of benzene rings is 1. The second kappa shape index (κ2) is 5.82. The van der Waals surface area contributed by atoms with E-state index in [2.05, 4.69) is 10.6 Å². The molecule has 0 radical (unpaired) electrons. The molecule has 1 heterocycles. The molecule has 1 aliphatic rings. The standard InChI is InChI=1S/C13H17FN2O2/c1-18-11-4-2-3-9(13(11)14)7-15-10-5-6-12(17)16-8-10/h2-4,10,15H,5-8H2,1H3,(H,16,17). The van der Waals surface area contributed by atoms with Crippen LogP contribution < -0.4 is 15.4 Å². The molecule has 18 heavy (non-hydrogen) atoms. The van der Waals surface area contributed by atoms with Gasteiger partial charge in [0.1, 0.15) is 0 Å². The molecule has 4 nitrogen and oxygen atoms in total. The molecule has 1 unspecified atom stereocenters. The Balaban J connectivity index is 1.92. The molecule has 1 aromatic carbocycles.